The maximum absolute atomic E-state index is 13.0. The van der Waals surface area contributed by atoms with Gasteiger partial charge in [0.25, 0.3) is 0 Å². The first-order chi connectivity index (χ1) is 15.1. The second-order valence-corrected chi connectivity index (χ2v) is 7.86. The van der Waals surface area contributed by atoms with Crippen LogP contribution >= 0.6 is 0 Å². The molecule has 2 N–H and O–H groups in total. The monoisotopic (exact) mass is 411 g/mol. The summed E-state index contributed by atoms with van der Waals surface area (Å²) < 4.78 is 5.62. The van der Waals surface area contributed by atoms with Gasteiger partial charge < -0.3 is 15.2 Å². The number of aliphatic carboxylic acids is 1. The zero-order valence-corrected chi connectivity index (χ0v) is 16.7. The minimum absolute atomic E-state index is 0.0183. The first-order valence-corrected chi connectivity index (χ1v) is 10.3. The van der Waals surface area contributed by atoms with Crippen LogP contribution in [0.1, 0.15) is 28.3 Å². The average molecular weight is 411 g/mol. The van der Waals surface area contributed by atoms with Crippen molar-refractivity contribution in [2.24, 2.45) is 5.92 Å². The van der Waals surface area contributed by atoms with Crippen LogP contribution in [-0.2, 0) is 4.79 Å². The van der Waals surface area contributed by atoms with Gasteiger partial charge >= 0.3 is 11.9 Å². The molecule has 31 heavy (non-hydrogen) atoms. The van der Waals surface area contributed by atoms with E-state index in [9.17, 15) is 14.7 Å². The molecule has 1 aliphatic carbocycles. The predicted octanol–water partition coefficient (Wildman–Crippen LogP) is 5.11. The van der Waals surface area contributed by atoms with Gasteiger partial charge in [-0.3, -0.25) is 0 Å². The molecule has 0 aromatic heterocycles. The van der Waals surface area contributed by atoms with E-state index in [0.717, 1.165) is 16.7 Å². The molecular formula is C26H21NO4. The Morgan fingerprint density at radius 3 is 2.39 bits per heavy atom. The SMILES string of the molecule is O=C(Oc1ccc(-c2ccccc2)cc1)c1cccc2c1N[C@@H](C(=O)O)[C@@H]1CC=C[C@@H]21. The molecule has 0 spiro atoms. The van der Waals surface area contributed by atoms with Crippen molar-refractivity contribution in [1.82, 2.24) is 0 Å². The quantitative estimate of drug-likeness (QED) is 0.354. The van der Waals surface area contributed by atoms with Crippen LogP contribution in [0.15, 0.2) is 84.9 Å². The third kappa shape index (κ3) is 3.48. The summed E-state index contributed by atoms with van der Waals surface area (Å²) in [6.45, 7) is 0. The van der Waals surface area contributed by atoms with E-state index >= 15 is 0 Å². The van der Waals surface area contributed by atoms with E-state index in [-0.39, 0.29) is 11.8 Å². The Bertz CT molecular complexity index is 1170. The summed E-state index contributed by atoms with van der Waals surface area (Å²) >= 11 is 0. The van der Waals surface area contributed by atoms with Crippen LogP contribution in [0.2, 0.25) is 0 Å². The highest BCUT2D eigenvalue weighted by Gasteiger charge is 2.42. The summed E-state index contributed by atoms with van der Waals surface area (Å²) in [6, 6.07) is 22.0. The van der Waals surface area contributed by atoms with Crippen LogP contribution in [0, 0.1) is 5.92 Å². The number of benzene rings is 3. The van der Waals surface area contributed by atoms with E-state index in [4.69, 9.17) is 4.74 Å². The van der Waals surface area contributed by atoms with Crippen LogP contribution in [0.5, 0.6) is 5.75 Å². The molecule has 1 heterocycles. The number of hydrogen-bond donors (Lipinski definition) is 2. The molecular weight excluding hydrogens is 390 g/mol. The fraction of sp³-hybridized carbons (Fsp3) is 0.154. The summed E-state index contributed by atoms with van der Waals surface area (Å²) in [6.07, 6.45) is 4.76. The molecule has 0 radical (unpaired) electrons. The molecule has 1 aliphatic heterocycles. The van der Waals surface area contributed by atoms with Crippen molar-refractivity contribution in [1.29, 1.82) is 0 Å². The smallest absolute Gasteiger partial charge is 0.345 e. The zero-order chi connectivity index (χ0) is 21.4. The highest BCUT2D eigenvalue weighted by molar-refractivity contribution is 5.99. The highest BCUT2D eigenvalue weighted by atomic mass is 16.5. The number of rotatable bonds is 4. The molecule has 0 saturated heterocycles. The Balaban J connectivity index is 1.41. The number of hydrogen-bond acceptors (Lipinski definition) is 4. The molecule has 2 aliphatic rings. The van der Waals surface area contributed by atoms with Gasteiger partial charge in [0.15, 0.2) is 0 Å². The maximum atomic E-state index is 13.0. The normalized spacial score (nSPS) is 21.0. The number of carbonyl (C=O) groups excluding carboxylic acids is 1. The van der Waals surface area contributed by atoms with Crippen molar-refractivity contribution in [2.75, 3.05) is 5.32 Å². The predicted molar refractivity (Wildman–Crippen MR) is 118 cm³/mol. The van der Waals surface area contributed by atoms with E-state index in [1.807, 2.05) is 66.7 Å². The van der Waals surface area contributed by atoms with Crippen LogP contribution in [0.4, 0.5) is 5.69 Å². The lowest BCUT2D eigenvalue weighted by Crippen LogP contribution is -2.42. The third-order valence-corrected chi connectivity index (χ3v) is 6.05. The van der Waals surface area contributed by atoms with Gasteiger partial charge in [-0.25, -0.2) is 9.59 Å². The summed E-state index contributed by atoms with van der Waals surface area (Å²) in [4.78, 5) is 24.8. The van der Waals surface area contributed by atoms with Crippen LogP contribution in [-0.4, -0.2) is 23.1 Å². The van der Waals surface area contributed by atoms with E-state index < -0.39 is 18.0 Å². The van der Waals surface area contributed by atoms with Gasteiger partial charge in [-0.05, 0) is 41.3 Å². The molecule has 0 saturated carbocycles. The summed E-state index contributed by atoms with van der Waals surface area (Å²) in [5.74, 6) is -1.06. The van der Waals surface area contributed by atoms with E-state index in [2.05, 4.69) is 5.32 Å². The summed E-state index contributed by atoms with van der Waals surface area (Å²) in [5, 5.41) is 12.8. The highest BCUT2D eigenvalue weighted by Crippen LogP contribution is 2.45. The van der Waals surface area contributed by atoms with Crippen molar-refractivity contribution in [2.45, 2.75) is 18.4 Å². The third-order valence-electron chi connectivity index (χ3n) is 6.05. The van der Waals surface area contributed by atoms with Crippen molar-refractivity contribution in [3.05, 3.63) is 96.1 Å². The second-order valence-electron chi connectivity index (χ2n) is 7.86. The number of para-hydroxylation sites is 1. The Kier molecular flexibility index (Phi) is 4.79. The maximum Gasteiger partial charge on any atom is 0.345 e. The molecule has 5 rings (SSSR count). The number of carbonyl (C=O) groups is 2. The van der Waals surface area contributed by atoms with Gasteiger partial charge in [-0.15, -0.1) is 0 Å². The van der Waals surface area contributed by atoms with Gasteiger partial charge in [0.2, 0.25) is 0 Å². The lowest BCUT2D eigenvalue weighted by molar-refractivity contribution is -0.139. The number of carboxylic acid groups (broad SMARTS) is 1. The van der Waals surface area contributed by atoms with Crippen molar-refractivity contribution in [3.8, 4) is 16.9 Å². The van der Waals surface area contributed by atoms with Crippen LogP contribution in [0.3, 0.4) is 0 Å². The van der Waals surface area contributed by atoms with E-state index in [1.54, 1.807) is 18.2 Å². The van der Waals surface area contributed by atoms with Gasteiger partial charge in [-0.2, -0.15) is 0 Å². The lowest BCUT2D eigenvalue weighted by atomic mass is 9.78. The van der Waals surface area contributed by atoms with Crippen molar-refractivity contribution in [3.63, 3.8) is 0 Å². The Morgan fingerprint density at radius 1 is 0.903 bits per heavy atom. The average Bonchev–Trinajstić information content (AvgIpc) is 3.29. The van der Waals surface area contributed by atoms with Crippen LogP contribution < -0.4 is 10.1 Å². The molecule has 154 valence electrons. The number of anilines is 1. The number of ether oxygens (including phenoxy) is 1. The van der Waals surface area contributed by atoms with E-state index in [1.165, 1.54) is 0 Å². The number of esters is 1. The minimum Gasteiger partial charge on any atom is -0.480 e. The molecule has 3 atom stereocenters. The van der Waals surface area contributed by atoms with E-state index in [0.29, 0.717) is 23.4 Å². The van der Waals surface area contributed by atoms with Crippen molar-refractivity contribution < 1.29 is 19.4 Å². The first-order valence-electron chi connectivity index (χ1n) is 10.3. The molecule has 0 fully saturated rings. The van der Waals surface area contributed by atoms with Gasteiger partial charge in [0.05, 0.1) is 11.3 Å². The van der Waals surface area contributed by atoms with Gasteiger partial charge in [0.1, 0.15) is 11.8 Å². The fourth-order valence-electron chi connectivity index (χ4n) is 4.54. The minimum atomic E-state index is -0.913. The fourth-order valence-corrected chi connectivity index (χ4v) is 4.54. The Labute approximate surface area is 180 Å². The number of carboxylic acids is 1. The second kappa shape index (κ2) is 7.76. The first kappa shape index (κ1) is 19.1. The Hall–Kier alpha value is -3.86. The molecule has 3 aromatic carbocycles. The number of nitrogens with one attached hydrogen (secondary N) is 1. The zero-order valence-electron chi connectivity index (χ0n) is 16.7. The van der Waals surface area contributed by atoms with Gasteiger partial charge in [0, 0.05) is 11.8 Å². The number of fused-ring (bicyclic) bond motifs is 3. The molecule has 0 unspecified atom stereocenters. The molecule has 5 heteroatoms. The number of allylic oxidation sites excluding steroid dienone is 2. The molecule has 0 amide bonds. The lowest BCUT2D eigenvalue weighted by Gasteiger charge is -2.35. The topological polar surface area (TPSA) is 75.6 Å². The van der Waals surface area contributed by atoms with Crippen molar-refractivity contribution >= 4 is 17.6 Å². The molecule has 0 bridgehead atoms. The Morgan fingerprint density at radius 2 is 1.65 bits per heavy atom. The standard InChI is InChI=1S/C26H21NO4/c28-25(29)24-21-10-4-8-19(21)20-9-5-11-22(23(20)27-24)26(30)31-18-14-12-17(13-15-18)16-6-2-1-3-7-16/h1-9,11-15,19,21,24,27H,10H2,(H,28,29)/t19-,21+,24+/m0/s1. The summed E-state index contributed by atoms with van der Waals surface area (Å²) in [7, 11) is 0. The molecule has 3 aromatic rings. The van der Waals surface area contributed by atoms with Gasteiger partial charge in [-0.1, -0.05) is 66.7 Å². The molecule has 5 nitrogen and oxygen atoms in total. The largest absolute Gasteiger partial charge is 0.480 e. The summed E-state index contributed by atoms with van der Waals surface area (Å²) in [5.41, 5.74) is 3.94. The van der Waals surface area contributed by atoms with Crippen LogP contribution in [0.25, 0.3) is 11.1 Å².